The van der Waals surface area contributed by atoms with Crippen molar-refractivity contribution >= 4 is 46.1 Å². The van der Waals surface area contributed by atoms with E-state index in [0.29, 0.717) is 25.0 Å². The minimum absolute atomic E-state index is 0.00959. The molecule has 3 N–H and O–H groups in total. The molecule has 1 aromatic heterocycles. The van der Waals surface area contributed by atoms with Crippen LogP contribution in [0.25, 0.3) is 10.9 Å². The van der Waals surface area contributed by atoms with Crippen LogP contribution in [0.3, 0.4) is 0 Å². The van der Waals surface area contributed by atoms with E-state index < -0.39 is 40.5 Å². The van der Waals surface area contributed by atoms with Crippen LogP contribution >= 0.6 is 11.6 Å². The lowest BCUT2D eigenvalue weighted by Gasteiger charge is -2.40. The number of ether oxygens (including phenoxy) is 1. The van der Waals surface area contributed by atoms with Gasteiger partial charge in [0.05, 0.1) is 30.0 Å². The van der Waals surface area contributed by atoms with Gasteiger partial charge in [-0.2, -0.15) is 13.2 Å². The summed E-state index contributed by atoms with van der Waals surface area (Å²) in [7, 11) is 3.08. The lowest BCUT2D eigenvalue weighted by atomic mass is 9.79. The second-order valence-corrected chi connectivity index (χ2v) is 14.1. The summed E-state index contributed by atoms with van der Waals surface area (Å²) in [5.74, 6) is -2.25. The second kappa shape index (κ2) is 15.9. The maximum atomic E-state index is 14.2. The first-order valence-corrected chi connectivity index (χ1v) is 17.9. The number of methoxy groups -OCH3 is 1. The minimum atomic E-state index is -4.68. The van der Waals surface area contributed by atoms with Gasteiger partial charge in [-0.25, -0.2) is 0 Å². The van der Waals surface area contributed by atoms with Gasteiger partial charge < -0.3 is 30.2 Å². The Balaban J connectivity index is 1.22. The van der Waals surface area contributed by atoms with Gasteiger partial charge in [0.25, 0.3) is 5.91 Å². The van der Waals surface area contributed by atoms with Crippen molar-refractivity contribution in [2.75, 3.05) is 40.3 Å². The van der Waals surface area contributed by atoms with E-state index in [0.717, 1.165) is 40.2 Å². The van der Waals surface area contributed by atoms with Crippen LogP contribution in [0.1, 0.15) is 39.9 Å². The molecule has 3 aromatic carbocycles. The van der Waals surface area contributed by atoms with Crippen LogP contribution in [0.4, 0.5) is 13.2 Å². The number of nitrogens with one attached hydrogen (secondary N) is 3. The Kier molecular flexibility index (Phi) is 11.3. The summed E-state index contributed by atoms with van der Waals surface area (Å²) < 4.78 is 45.4. The van der Waals surface area contributed by atoms with E-state index in [2.05, 4.69) is 15.6 Å². The summed E-state index contributed by atoms with van der Waals surface area (Å²) in [6, 6.07) is 17.4. The Morgan fingerprint density at radius 1 is 0.981 bits per heavy atom. The van der Waals surface area contributed by atoms with Crippen molar-refractivity contribution in [1.29, 1.82) is 0 Å². The van der Waals surface area contributed by atoms with Crippen LogP contribution in [-0.4, -0.2) is 84.8 Å². The third kappa shape index (κ3) is 8.45. The number of H-pyrrole nitrogens is 1. The number of nitrogens with zero attached hydrogens (tertiary/aromatic N) is 2. The molecule has 0 saturated carbocycles. The number of alkyl halides is 3. The first kappa shape index (κ1) is 37.7. The molecule has 4 amide bonds. The molecule has 53 heavy (non-hydrogen) atoms. The van der Waals surface area contributed by atoms with Crippen molar-refractivity contribution in [2.45, 2.75) is 37.9 Å². The zero-order valence-corrected chi connectivity index (χ0v) is 30.1. The molecule has 14 heteroatoms. The van der Waals surface area contributed by atoms with Crippen LogP contribution in [0.5, 0.6) is 5.75 Å². The first-order valence-electron chi connectivity index (χ1n) is 17.5. The summed E-state index contributed by atoms with van der Waals surface area (Å²) in [5.41, 5.74) is 1.64. The van der Waals surface area contributed by atoms with Gasteiger partial charge in [-0.15, -0.1) is 0 Å². The van der Waals surface area contributed by atoms with Crippen molar-refractivity contribution in [3.8, 4) is 5.75 Å². The fraction of sp³-hybridized carbons (Fsp3) is 0.385. The summed E-state index contributed by atoms with van der Waals surface area (Å²) >= 11 is 5.94. The fourth-order valence-corrected chi connectivity index (χ4v) is 7.86. The molecule has 4 aromatic rings. The Bertz CT molecular complexity index is 1990. The van der Waals surface area contributed by atoms with Crippen molar-refractivity contribution < 1.29 is 37.1 Å². The Morgan fingerprint density at radius 2 is 1.74 bits per heavy atom. The lowest BCUT2D eigenvalue weighted by molar-refractivity contribution is -0.140. The molecular formula is C39H41ClF3N5O5. The zero-order valence-electron chi connectivity index (χ0n) is 29.3. The highest BCUT2D eigenvalue weighted by Crippen LogP contribution is 2.38. The van der Waals surface area contributed by atoms with Gasteiger partial charge >= 0.3 is 6.18 Å². The standard InChI is InChI=1S/C39H41ClF3N5O5/c1-44-37(51)33(10-6-9-23-7-4-3-5-8-23)46-36(50)30-22-47(35(49)16-25-18-45-34-17-27(53-2)12-13-28(25)34)19-26-20-48(21-29(26)30)38(52)24-11-14-31(32(40)15-24)39(41,42)43/h3-5,7-8,11-15,17-18,26,29-30,33,45H,6,9-10,16,19-22H2,1-2H3,(H,44,51)(H,46,50)/t26?,29?,30?,33-/m0/s1. The summed E-state index contributed by atoms with van der Waals surface area (Å²) in [6.07, 6.45) is -1.11. The van der Waals surface area contributed by atoms with E-state index in [1.165, 1.54) is 11.9 Å². The number of likely N-dealkylation sites (tertiary alicyclic amines) is 2. The van der Waals surface area contributed by atoms with Crippen molar-refractivity contribution in [3.05, 3.63) is 100 Å². The number of amides is 4. The maximum Gasteiger partial charge on any atom is 0.417 e. The first-order chi connectivity index (χ1) is 25.4. The topological polar surface area (TPSA) is 124 Å². The number of hydrogen-bond acceptors (Lipinski definition) is 5. The van der Waals surface area contributed by atoms with Gasteiger partial charge in [0, 0.05) is 62.0 Å². The molecule has 0 radical (unpaired) electrons. The smallest absolute Gasteiger partial charge is 0.417 e. The van der Waals surface area contributed by atoms with E-state index in [-0.39, 0.29) is 61.8 Å². The number of benzene rings is 3. The molecule has 2 aliphatic heterocycles. The SMILES string of the molecule is CNC(=O)[C@H](CCCc1ccccc1)NC(=O)C1CN(C(=O)Cc2c[nH]c3cc(OC)ccc23)CC2CN(C(=O)c3ccc(C(F)(F)F)c(Cl)c3)CC21. The minimum Gasteiger partial charge on any atom is -0.497 e. The van der Waals surface area contributed by atoms with E-state index in [1.54, 1.807) is 18.2 Å². The molecule has 2 fully saturated rings. The third-order valence-electron chi connectivity index (χ3n) is 10.4. The number of piperidine rings is 1. The molecular weight excluding hydrogens is 711 g/mol. The highest BCUT2D eigenvalue weighted by Gasteiger charge is 2.48. The van der Waals surface area contributed by atoms with Crippen LogP contribution in [0.15, 0.2) is 72.9 Å². The molecule has 0 bridgehead atoms. The largest absolute Gasteiger partial charge is 0.497 e. The normalized spacial score (nSPS) is 19.1. The number of hydrogen-bond donors (Lipinski definition) is 3. The van der Waals surface area contributed by atoms with Gasteiger partial charge in [-0.1, -0.05) is 41.9 Å². The van der Waals surface area contributed by atoms with Gasteiger partial charge in [-0.3, -0.25) is 19.2 Å². The predicted molar refractivity (Wildman–Crippen MR) is 193 cm³/mol. The predicted octanol–water partition coefficient (Wildman–Crippen LogP) is 5.49. The second-order valence-electron chi connectivity index (χ2n) is 13.7. The highest BCUT2D eigenvalue weighted by molar-refractivity contribution is 6.31. The molecule has 10 nitrogen and oxygen atoms in total. The maximum absolute atomic E-state index is 14.2. The monoisotopic (exact) mass is 751 g/mol. The fourth-order valence-electron chi connectivity index (χ4n) is 7.57. The van der Waals surface area contributed by atoms with Crippen molar-refractivity contribution in [2.24, 2.45) is 17.8 Å². The number of fused-ring (bicyclic) bond motifs is 2. The van der Waals surface area contributed by atoms with Crippen LogP contribution in [0, 0.1) is 17.8 Å². The third-order valence-corrected chi connectivity index (χ3v) is 10.7. The van der Waals surface area contributed by atoms with Crippen molar-refractivity contribution in [3.63, 3.8) is 0 Å². The number of aryl methyl sites for hydroxylation is 1. The molecule has 3 unspecified atom stereocenters. The highest BCUT2D eigenvalue weighted by atomic mass is 35.5. The van der Waals surface area contributed by atoms with Gasteiger partial charge in [0.2, 0.25) is 17.7 Å². The number of aromatic nitrogens is 1. The van der Waals surface area contributed by atoms with E-state index in [9.17, 15) is 32.3 Å². The molecule has 0 aliphatic carbocycles. The summed E-state index contributed by atoms with van der Waals surface area (Å²) in [5, 5.41) is 5.86. The van der Waals surface area contributed by atoms with Crippen LogP contribution in [-0.2, 0) is 33.4 Å². The summed E-state index contributed by atoms with van der Waals surface area (Å²) in [6.45, 7) is 0.668. The van der Waals surface area contributed by atoms with Crippen LogP contribution < -0.4 is 15.4 Å². The molecule has 4 atom stereocenters. The number of likely N-dealkylation sites (N-methyl/N-ethyl adjacent to an activating group) is 1. The summed E-state index contributed by atoms with van der Waals surface area (Å²) in [4.78, 5) is 61.1. The molecule has 6 rings (SSSR count). The zero-order chi connectivity index (χ0) is 37.9. The van der Waals surface area contributed by atoms with E-state index in [4.69, 9.17) is 16.3 Å². The van der Waals surface area contributed by atoms with E-state index >= 15 is 0 Å². The van der Waals surface area contributed by atoms with Crippen LogP contribution in [0.2, 0.25) is 5.02 Å². The molecule has 280 valence electrons. The Morgan fingerprint density at radius 3 is 2.43 bits per heavy atom. The molecule has 2 aliphatic rings. The Labute approximate surface area is 310 Å². The van der Waals surface area contributed by atoms with Crippen molar-refractivity contribution in [1.82, 2.24) is 25.4 Å². The average molecular weight is 752 g/mol. The Hall–Kier alpha value is -5.04. The molecule has 3 heterocycles. The van der Waals surface area contributed by atoms with E-state index in [1.807, 2.05) is 48.5 Å². The number of rotatable bonds is 11. The van der Waals surface area contributed by atoms with Gasteiger partial charge in [0.15, 0.2) is 0 Å². The number of carbonyl (C=O) groups excluding carboxylic acids is 4. The molecule has 2 saturated heterocycles. The van der Waals surface area contributed by atoms with Gasteiger partial charge in [0.1, 0.15) is 11.8 Å². The number of halogens is 4. The van der Waals surface area contributed by atoms with Gasteiger partial charge in [-0.05, 0) is 72.6 Å². The quantitative estimate of drug-likeness (QED) is 0.187. The average Bonchev–Trinajstić information content (AvgIpc) is 3.77. The number of aromatic amines is 1. The molecule has 0 spiro atoms. The number of carbonyl (C=O) groups is 4. The lowest BCUT2D eigenvalue weighted by Crippen LogP contribution is -2.56.